The van der Waals surface area contributed by atoms with Crippen molar-refractivity contribution in [3.05, 3.63) is 48.2 Å². The Hall–Kier alpha value is -2.56. The van der Waals surface area contributed by atoms with E-state index in [1.54, 1.807) is 6.20 Å². The first-order chi connectivity index (χ1) is 9.83. The molecule has 1 aliphatic rings. The van der Waals surface area contributed by atoms with E-state index in [0.29, 0.717) is 19.0 Å². The zero-order chi connectivity index (χ0) is 13.8. The van der Waals surface area contributed by atoms with Gasteiger partial charge in [-0.1, -0.05) is 6.07 Å². The van der Waals surface area contributed by atoms with Crippen molar-refractivity contribution in [2.45, 2.75) is 6.92 Å². The van der Waals surface area contributed by atoms with E-state index in [0.717, 1.165) is 22.8 Å². The van der Waals surface area contributed by atoms with Crippen LogP contribution in [0.15, 0.2) is 47.7 Å². The van der Waals surface area contributed by atoms with Gasteiger partial charge < -0.3 is 9.47 Å². The maximum absolute atomic E-state index is 5.56. The molecule has 1 aromatic carbocycles. The summed E-state index contributed by atoms with van der Waals surface area (Å²) in [6, 6.07) is 11.4. The molecule has 5 nitrogen and oxygen atoms in total. The number of hydrazone groups is 1. The normalized spacial score (nSPS) is 13.9. The van der Waals surface area contributed by atoms with Crippen molar-refractivity contribution in [3.63, 3.8) is 0 Å². The number of ether oxygens (including phenoxy) is 2. The van der Waals surface area contributed by atoms with E-state index in [-0.39, 0.29) is 0 Å². The van der Waals surface area contributed by atoms with Crippen LogP contribution < -0.4 is 14.9 Å². The van der Waals surface area contributed by atoms with E-state index >= 15 is 0 Å². The van der Waals surface area contributed by atoms with Crippen LogP contribution in [0.3, 0.4) is 0 Å². The number of aromatic nitrogens is 1. The molecule has 20 heavy (non-hydrogen) atoms. The van der Waals surface area contributed by atoms with Crippen LogP contribution in [0.5, 0.6) is 11.5 Å². The minimum Gasteiger partial charge on any atom is -0.486 e. The summed E-state index contributed by atoms with van der Waals surface area (Å²) in [5.74, 6) is 2.26. The Morgan fingerprint density at radius 1 is 1.15 bits per heavy atom. The molecule has 0 unspecified atom stereocenters. The molecule has 2 aromatic rings. The summed E-state index contributed by atoms with van der Waals surface area (Å²) < 4.78 is 11.1. The number of rotatable bonds is 3. The number of pyridine rings is 1. The Bertz CT molecular complexity index is 626. The van der Waals surface area contributed by atoms with Gasteiger partial charge in [0.15, 0.2) is 11.5 Å². The van der Waals surface area contributed by atoms with Gasteiger partial charge >= 0.3 is 0 Å². The first-order valence-electron chi connectivity index (χ1n) is 6.44. The summed E-state index contributed by atoms with van der Waals surface area (Å²) in [5, 5.41) is 4.32. The highest BCUT2D eigenvalue weighted by atomic mass is 16.6. The van der Waals surface area contributed by atoms with Gasteiger partial charge in [-0.2, -0.15) is 5.10 Å². The lowest BCUT2D eigenvalue weighted by molar-refractivity contribution is 0.171. The van der Waals surface area contributed by atoms with Gasteiger partial charge in [-0.25, -0.2) is 4.98 Å². The van der Waals surface area contributed by atoms with Crippen LogP contribution in [0.25, 0.3) is 0 Å². The van der Waals surface area contributed by atoms with Crippen molar-refractivity contribution in [1.82, 2.24) is 4.98 Å². The lowest BCUT2D eigenvalue weighted by Gasteiger charge is -2.18. The van der Waals surface area contributed by atoms with Gasteiger partial charge in [0.1, 0.15) is 19.0 Å². The average molecular weight is 269 g/mol. The lowest BCUT2D eigenvalue weighted by Crippen LogP contribution is -2.15. The molecular weight excluding hydrogens is 254 g/mol. The van der Waals surface area contributed by atoms with Crippen molar-refractivity contribution in [2.75, 3.05) is 18.6 Å². The smallest absolute Gasteiger partial charge is 0.162 e. The van der Waals surface area contributed by atoms with Gasteiger partial charge in [-0.05, 0) is 37.3 Å². The zero-order valence-electron chi connectivity index (χ0n) is 11.2. The van der Waals surface area contributed by atoms with Gasteiger partial charge in [0.05, 0.1) is 5.71 Å². The van der Waals surface area contributed by atoms with Crippen LogP contribution in [-0.4, -0.2) is 23.9 Å². The van der Waals surface area contributed by atoms with Gasteiger partial charge in [0, 0.05) is 11.8 Å². The molecular formula is C15H15N3O2. The molecule has 5 heteroatoms. The summed E-state index contributed by atoms with van der Waals surface area (Å²) in [6.07, 6.45) is 1.72. The molecule has 1 aliphatic heterocycles. The SMILES string of the molecule is C/C(=N/Nc1ccccn1)c1ccc2c(c1)OCCO2. The number of hydrogen-bond donors (Lipinski definition) is 1. The van der Waals surface area contributed by atoms with Crippen LogP contribution in [0.2, 0.25) is 0 Å². The largest absolute Gasteiger partial charge is 0.486 e. The first kappa shape index (κ1) is 12.5. The second-order valence-electron chi connectivity index (χ2n) is 4.38. The maximum Gasteiger partial charge on any atom is 0.162 e. The highest BCUT2D eigenvalue weighted by molar-refractivity contribution is 5.99. The fourth-order valence-corrected chi connectivity index (χ4v) is 1.90. The van der Waals surface area contributed by atoms with Crippen molar-refractivity contribution in [3.8, 4) is 11.5 Å². The molecule has 1 aromatic heterocycles. The van der Waals surface area contributed by atoms with E-state index in [1.807, 2.05) is 43.3 Å². The Morgan fingerprint density at radius 2 is 2.00 bits per heavy atom. The Kier molecular flexibility index (Phi) is 3.50. The highest BCUT2D eigenvalue weighted by Gasteiger charge is 2.12. The number of nitrogens with zero attached hydrogens (tertiary/aromatic N) is 2. The van der Waals surface area contributed by atoms with Crippen molar-refractivity contribution in [2.24, 2.45) is 5.10 Å². The number of hydrogen-bond acceptors (Lipinski definition) is 5. The summed E-state index contributed by atoms with van der Waals surface area (Å²) in [7, 11) is 0. The topological polar surface area (TPSA) is 55.7 Å². The Balaban J connectivity index is 1.78. The van der Waals surface area contributed by atoms with E-state index in [2.05, 4.69) is 15.5 Å². The molecule has 0 fully saturated rings. The third-order valence-corrected chi connectivity index (χ3v) is 2.96. The molecule has 3 rings (SSSR count). The molecule has 1 N–H and O–H groups in total. The molecule has 2 heterocycles. The van der Waals surface area contributed by atoms with Crippen molar-refractivity contribution >= 4 is 11.5 Å². The lowest BCUT2D eigenvalue weighted by atomic mass is 10.1. The molecule has 102 valence electrons. The third kappa shape index (κ3) is 2.71. The minimum atomic E-state index is 0.582. The number of nitrogens with one attached hydrogen (secondary N) is 1. The summed E-state index contributed by atoms with van der Waals surface area (Å²) in [5.41, 5.74) is 4.77. The van der Waals surface area contributed by atoms with E-state index in [9.17, 15) is 0 Å². The van der Waals surface area contributed by atoms with Gasteiger partial charge in [-0.3, -0.25) is 5.43 Å². The third-order valence-electron chi connectivity index (χ3n) is 2.96. The average Bonchev–Trinajstić information content (AvgIpc) is 2.53. The number of anilines is 1. The molecule has 0 radical (unpaired) electrons. The summed E-state index contributed by atoms with van der Waals surface area (Å²) in [6.45, 7) is 3.11. The predicted octanol–water partition coefficient (Wildman–Crippen LogP) is 2.69. The monoisotopic (exact) mass is 269 g/mol. The molecule has 0 saturated carbocycles. The van der Waals surface area contributed by atoms with Crippen molar-refractivity contribution < 1.29 is 9.47 Å². The van der Waals surface area contributed by atoms with Gasteiger partial charge in [-0.15, -0.1) is 0 Å². The van der Waals surface area contributed by atoms with Crippen LogP contribution >= 0.6 is 0 Å². The quantitative estimate of drug-likeness (QED) is 0.687. The second kappa shape index (κ2) is 5.61. The predicted molar refractivity (Wildman–Crippen MR) is 77.5 cm³/mol. The maximum atomic E-state index is 5.56. The zero-order valence-corrected chi connectivity index (χ0v) is 11.2. The van der Waals surface area contributed by atoms with E-state index < -0.39 is 0 Å². The molecule has 0 bridgehead atoms. The number of fused-ring (bicyclic) bond motifs is 1. The molecule has 0 atom stereocenters. The molecule has 0 saturated heterocycles. The number of benzene rings is 1. The Morgan fingerprint density at radius 3 is 2.80 bits per heavy atom. The highest BCUT2D eigenvalue weighted by Crippen LogP contribution is 2.30. The van der Waals surface area contributed by atoms with Crippen LogP contribution in [0.4, 0.5) is 5.82 Å². The minimum absolute atomic E-state index is 0.582. The van der Waals surface area contributed by atoms with E-state index in [4.69, 9.17) is 9.47 Å². The fraction of sp³-hybridized carbons (Fsp3) is 0.200. The fourth-order valence-electron chi connectivity index (χ4n) is 1.90. The van der Waals surface area contributed by atoms with Crippen LogP contribution in [0.1, 0.15) is 12.5 Å². The summed E-state index contributed by atoms with van der Waals surface area (Å²) in [4.78, 5) is 4.15. The molecule has 0 aliphatic carbocycles. The van der Waals surface area contributed by atoms with Crippen LogP contribution in [-0.2, 0) is 0 Å². The molecule has 0 spiro atoms. The Labute approximate surface area is 117 Å². The van der Waals surface area contributed by atoms with Crippen molar-refractivity contribution in [1.29, 1.82) is 0 Å². The standard InChI is InChI=1S/C15H15N3O2/c1-11(17-18-15-4-2-3-7-16-15)12-5-6-13-14(10-12)20-9-8-19-13/h2-7,10H,8-9H2,1H3,(H,16,18)/b17-11-. The van der Waals surface area contributed by atoms with Gasteiger partial charge in [0.2, 0.25) is 0 Å². The van der Waals surface area contributed by atoms with Crippen LogP contribution in [0, 0.1) is 0 Å². The van der Waals surface area contributed by atoms with Gasteiger partial charge in [0.25, 0.3) is 0 Å². The first-order valence-corrected chi connectivity index (χ1v) is 6.44. The van der Waals surface area contributed by atoms with E-state index in [1.165, 1.54) is 0 Å². The molecule has 0 amide bonds. The second-order valence-corrected chi connectivity index (χ2v) is 4.38. The summed E-state index contributed by atoms with van der Waals surface area (Å²) >= 11 is 0.